The Labute approximate surface area is 178 Å². The largest absolute Gasteiger partial charge is 0.326 e. The first-order valence-electron chi connectivity index (χ1n) is 9.46. The Morgan fingerprint density at radius 1 is 1.28 bits per heavy atom. The fourth-order valence-electron chi connectivity index (χ4n) is 3.96. The number of rotatable bonds is 4. The number of nitrogens with one attached hydrogen (secondary N) is 1. The first-order chi connectivity index (χ1) is 13.7. The highest BCUT2D eigenvalue weighted by Crippen LogP contribution is 2.28. The fraction of sp³-hybridized carbons (Fsp3) is 0.333. The number of anilines is 1. The molecule has 1 unspecified atom stereocenters. The lowest BCUT2D eigenvalue weighted by Crippen LogP contribution is -2.16. The number of halogens is 1. The fourth-order valence-corrected chi connectivity index (χ4v) is 6.17. The van der Waals surface area contributed by atoms with Crippen molar-refractivity contribution in [3.8, 4) is 0 Å². The monoisotopic (exact) mass is 475 g/mol. The maximum Gasteiger partial charge on any atom is 0.228 e. The van der Waals surface area contributed by atoms with E-state index in [1.807, 2.05) is 50.2 Å². The number of aromatic nitrogens is 2. The number of sulfone groups is 1. The lowest BCUT2D eigenvalue weighted by molar-refractivity contribution is -0.115. The summed E-state index contributed by atoms with van der Waals surface area (Å²) >= 11 is 3.54. The van der Waals surface area contributed by atoms with E-state index in [4.69, 9.17) is 0 Å². The van der Waals surface area contributed by atoms with Crippen LogP contribution in [0.1, 0.15) is 29.4 Å². The van der Waals surface area contributed by atoms with Crippen molar-refractivity contribution in [3.63, 3.8) is 0 Å². The molecule has 1 atom stereocenters. The van der Waals surface area contributed by atoms with Gasteiger partial charge in [-0.05, 0) is 49.2 Å². The minimum atomic E-state index is -2.99. The smallest absolute Gasteiger partial charge is 0.228 e. The summed E-state index contributed by atoms with van der Waals surface area (Å²) in [5, 5.41) is 9.63. The minimum Gasteiger partial charge on any atom is -0.326 e. The molecule has 152 valence electrons. The summed E-state index contributed by atoms with van der Waals surface area (Å²) in [6.45, 7) is 3.77. The van der Waals surface area contributed by atoms with Crippen LogP contribution in [0.15, 0.2) is 40.9 Å². The molecule has 1 N–H and O–H groups in total. The van der Waals surface area contributed by atoms with E-state index < -0.39 is 9.84 Å². The number of carbonyl (C=O) groups is 1. The average Bonchev–Trinajstić information content (AvgIpc) is 3.15. The predicted octanol–water partition coefficient (Wildman–Crippen LogP) is 3.96. The van der Waals surface area contributed by atoms with Crippen molar-refractivity contribution in [1.82, 2.24) is 9.78 Å². The lowest BCUT2D eigenvalue weighted by Gasteiger charge is -2.12. The zero-order valence-electron chi connectivity index (χ0n) is 16.3. The molecule has 0 aliphatic carbocycles. The van der Waals surface area contributed by atoms with Crippen LogP contribution in [-0.4, -0.2) is 35.6 Å². The number of hydrogen-bond acceptors (Lipinski definition) is 4. The Kier molecular flexibility index (Phi) is 5.25. The van der Waals surface area contributed by atoms with Crippen LogP contribution in [0.3, 0.4) is 0 Å². The zero-order chi connectivity index (χ0) is 20.8. The van der Waals surface area contributed by atoms with E-state index in [2.05, 4.69) is 26.3 Å². The molecule has 2 heterocycles. The van der Waals surface area contributed by atoms with Gasteiger partial charge in [-0.25, -0.2) is 8.42 Å². The van der Waals surface area contributed by atoms with E-state index in [1.165, 1.54) is 0 Å². The summed E-state index contributed by atoms with van der Waals surface area (Å²) < 4.78 is 26.4. The number of fused-ring (bicyclic) bond motifs is 1. The highest BCUT2D eigenvalue weighted by atomic mass is 79.9. The van der Waals surface area contributed by atoms with Crippen molar-refractivity contribution in [2.75, 3.05) is 16.8 Å². The molecule has 0 saturated carbocycles. The van der Waals surface area contributed by atoms with Gasteiger partial charge in [0, 0.05) is 21.4 Å². The van der Waals surface area contributed by atoms with E-state index in [-0.39, 0.29) is 29.9 Å². The van der Waals surface area contributed by atoms with Gasteiger partial charge in [-0.1, -0.05) is 34.1 Å². The normalized spacial score (nSPS) is 18.2. The van der Waals surface area contributed by atoms with Gasteiger partial charge in [0.15, 0.2) is 9.84 Å². The van der Waals surface area contributed by atoms with Gasteiger partial charge in [0.2, 0.25) is 5.91 Å². The van der Waals surface area contributed by atoms with Gasteiger partial charge in [-0.3, -0.25) is 9.48 Å². The Bertz CT molecular complexity index is 1220. The number of benzene rings is 2. The molecule has 0 radical (unpaired) electrons. The third-order valence-corrected chi connectivity index (χ3v) is 7.92. The molecule has 8 heteroatoms. The second-order valence-electron chi connectivity index (χ2n) is 7.55. The number of nitrogens with zero attached hydrogens (tertiary/aromatic N) is 2. The maximum atomic E-state index is 12.7. The van der Waals surface area contributed by atoms with Crippen molar-refractivity contribution >= 4 is 48.1 Å². The quantitative estimate of drug-likeness (QED) is 0.618. The first kappa shape index (κ1) is 20.1. The Morgan fingerprint density at radius 3 is 2.79 bits per heavy atom. The first-order valence-corrected chi connectivity index (χ1v) is 12.1. The molecule has 2 aromatic carbocycles. The number of carbonyl (C=O) groups excluding carboxylic acids is 1. The van der Waals surface area contributed by atoms with E-state index in [9.17, 15) is 13.2 Å². The van der Waals surface area contributed by atoms with Crippen LogP contribution < -0.4 is 5.32 Å². The summed E-state index contributed by atoms with van der Waals surface area (Å²) in [5.74, 6) is 0.195. The minimum absolute atomic E-state index is 0.118. The average molecular weight is 476 g/mol. The van der Waals surface area contributed by atoms with Gasteiger partial charge in [-0.2, -0.15) is 5.10 Å². The van der Waals surface area contributed by atoms with Crippen LogP contribution >= 0.6 is 15.9 Å². The maximum absolute atomic E-state index is 12.7. The predicted molar refractivity (Wildman–Crippen MR) is 118 cm³/mol. The molecule has 1 aliphatic heterocycles. The van der Waals surface area contributed by atoms with Gasteiger partial charge >= 0.3 is 0 Å². The van der Waals surface area contributed by atoms with E-state index in [1.54, 1.807) is 4.68 Å². The van der Waals surface area contributed by atoms with Crippen molar-refractivity contribution in [1.29, 1.82) is 0 Å². The van der Waals surface area contributed by atoms with Crippen molar-refractivity contribution in [2.24, 2.45) is 0 Å². The van der Waals surface area contributed by atoms with Crippen LogP contribution in [0.25, 0.3) is 10.8 Å². The second kappa shape index (κ2) is 7.57. The molecule has 6 nitrogen and oxygen atoms in total. The number of hydrogen-bond donors (Lipinski definition) is 1. The number of amides is 1. The molecule has 3 aromatic rings. The van der Waals surface area contributed by atoms with Crippen molar-refractivity contribution < 1.29 is 13.2 Å². The molecule has 1 aromatic heterocycles. The third-order valence-electron chi connectivity index (χ3n) is 5.48. The molecule has 4 rings (SSSR count). The summed E-state index contributed by atoms with van der Waals surface area (Å²) in [7, 11) is -2.99. The standard InChI is InChI=1S/C21H22BrN3O3S/c1-13-19(14(2)25(24-13)17-8-9-29(27,28)12-17)11-21(26)23-16-6-7-18-15(10-16)4-3-5-20(18)22/h3-7,10,17H,8-9,11-12H2,1-2H3,(H,23,26). The van der Waals surface area contributed by atoms with Crippen LogP contribution in [0.4, 0.5) is 5.69 Å². The Hall–Kier alpha value is -2.19. The van der Waals surface area contributed by atoms with E-state index >= 15 is 0 Å². The van der Waals surface area contributed by atoms with E-state index in [0.717, 1.165) is 37.9 Å². The van der Waals surface area contributed by atoms with E-state index in [0.29, 0.717) is 6.42 Å². The third kappa shape index (κ3) is 4.09. The summed E-state index contributed by atoms with van der Waals surface area (Å²) in [5.41, 5.74) is 3.23. The highest BCUT2D eigenvalue weighted by molar-refractivity contribution is 9.10. The summed E-state index contributed by atoms with van der Waals surface area (Å²) in [6.07, 6.45) is 0.774. The van der Waals surface area contributed by atoms with Gasteiger partial charge in [0.05, 0.1) is 29.7 Å². The van der Waals surface area contributed by atoms with Crippen molar-refractivity contribution in [3.05, 3.63) is 57.8 Å². The molecule has 29 heavy (non-hydrogen) atoms. The molecule has 1 amide bonds. The SMILES string of the molecule is Cc1nn(C2CCS(=O)(=O)C2)c(C)c1CC(=O)Nc1ccc2c(Br)cccc2c1. The van der Waals surface area contributed by atoms with Gasteiger partial charge in [0.25, 0.3) is 0 Å². The van der Waals surface area contributed by atoms with Crippen molar-refractivity contribution in [2.45, 2.75) is 32.7 Å². The van der Waals surface area contributed by atoms with Crippen LogP contribution in [0.5, 0.6) is 0 Å². The molecule has 1 aliphatic rings. The second-order valence-corrected chi connectivity index (χ2v) is 10.6. The molecule has 1 saturated heterocycles. The van der Waals surface area contributed by atoms with Gasteiger partial charge < -0.3 is 5.32 Å². The summed E-state index contributed by atoms with van der Waals surface area (Å²) in [4.78, 5) is 12.7. The Balaban J connectivity index is 1.52. The van der Waals surface area contributed by atoms with Crippen LogP contribution in [0, 0.1) is 13.8 Å². The lowest BCUT2D eigenvalue weighted by atomic mass is 10.1. The number of aryl methyl sites for hydroxylation is 1. The van der Waals surface area contributed by atoms with Gasteiger partial charge in [-0.15, -0.1) is 0 Å². The molecular weight excluding hydrogens is 454 g/mol. The Morgan fingerprint density at radius 2 is 2.07 bits per heavy atom. The molecule has 0 spiro atoms. The highest BCUT2D eigenvalue weighted by Gasteiger charge is 2.31. The molecular formula is C21H22BrN3O3S. The van der Waals surface area contributed by atoms with Crippen LogP contribution in [0.2, 0.25) is 0 Å². The summed E-state index contributed by atoms with van der Waals surface area (Å²) in [6, 6.07) is 11.6. The topological polar surface area (TPSA) is 81.1 Å². The van der Waals surface area contributed by atoms with Crippen LogP contribution in [-0.2, 0) is 21.1 Å². The zero-order valence-corrected chi connectivity index (χ0v) is 18.7. The molecule has 0 bridgehead atoms. The van der Waals surface area contributed by atoms with Gasteiger partial charge in [0.1, 0.15) is 0 Å². The molecule has 1 fully saturated rings.